The number of benzene rings is 2. The van der Waals surface area contributed by atoms with Crippen LogP contribution in [-0.4, -0.2) is 10.4 Å². The number of nitrogens with zero attached hydrogens (tertiary/aromatic N) is 1. The smallest absolute Gasteiger partial charge is 0.152 e. The highest BCUT2D eigenvalue weighted by Crippen LogP contribution is 2.23. The summed E-state index contributed by atoms with van der Waals surface area (Å²) >= 11 is 0. The van der Waals surface area contributed by atoms with Crippen LogP contribution in [0.25, 0.3) is 17.0 Å². The minimum absolute atomic E-state index is 0.0647. The third-order valence-electron chi connectivity index (χ3n) is 3.51. The van der Waals surface area contributed by atoms with Gasteiger partial charge in [0.25, 0.3) is 0 Å². The van der Waals surface area contributed by atoms with Crippen molar-refractivity contribution in [2.45, 2.75) is 13.5 Å². The number of ketones is 1. The molecule has 1 heterocycles. The molecule has 0 unspecified atom stereocenters. The standard InChI is InChI=1S/C19H17NO/c1-15(21)11-12-17-14-20(13-16-7-3-2-4-8-16)19-10-6-5-9-18(17)19/h2-12,14H,13H2,1H3/b12-11-. The van der Waals surface area contributed by atoms with Gasteiger partial charge in [-0.25, -0.2) is 0 Å². The zero-order chi connectivity index (χ0) is 14.7. The highest BCUT2D eigenvalue weighted by atomic mass is 16.1. The van der Waals surface area contributed by atoms with Gasteiger partial charge in [-0.3, -0.25) is 4.79 Å². The van der Waals surface area contributed by atoms with E-state index in [9.17, 15) is 4.79 Å². The molecule has 0 aliphatic rings. The van der Waals surface area contributed by atoms with Crippen molar-refractivity contribution < 1.29 is 4.79 Å². The van der Waals surface area contributed by atoms with Crippen molar-refractivity contribution in [1.29, 1.82) is 0 Å². The second-order valence-electron chi connectivity index (χ2n) is 5.16. The van der Waals surface area contributed by atoms with Crippen molar-refractivity contribution in [2.75, 3.05) is 0 Å². The molecule has 2 aromatic carbocycles. The number of rotatable bonds is 4. The molecule has 3 rings (SSSR count). The van der Waals surface area contributed by atoms with E-state index < -0.39 is 0 Å². The lowest BCUT2D eigenvalue weighted by atomic mass is 10.1. The third-order valence-corrected chi connectivity index (χ3v) is 3.51. The largest absolute Gasteiger partial charge is 0.342 e. The second kappa shape index (κ2) is 5.80. The van der Waals surface area contributed by atoms with E-state index in [0.29, 0.717) is 0 Å². The van der Waals surface area contributed by atoms with Crippen LogP contribution in [0.15, 0.2) is 66.9 Å². The SMILES string of the molecule is CC(=O)/C=C\c1cn(Cc2ccccc2)c2ccccc12. The predicted octanol–water partition coefficient (Wildman–Crippen LogP) is 4.29. The van der Waals surface area contributed by atoms with Crippen molar-refractivity contribution in [3.63, 3.8) is 0 Å². The molecule has 2 nitrogen and oxygen atoms in total. The average Bonchev–Trinajstić information content (AvgIpc) is 2.85. The van der Waals surface area contributed by atoms with Gasteiger partial charge >= 0.3 is 0 Å². The first kappa shape index (κ1) is 13.4. The van der Waals surface area contributed by atoms with E-state index in [4.69, 9.17) is 0 Å². The molecule has 104 valence electrons. The highest BCUT2D eigenvalue weighted by Gasteiger charge is 2.06. The summed E-state index contributed by atoms with van der Waals surface area (Å²) in [6, 6.07) is 18.7. The van der Waals surface area contributed by atoms with E-state index in [0.717, 1.165) is 12.1 Å². The third kappa shape index (κ3) is 2.95. The van der Waals surface area contributed by atoms with Gasteiger partial charge in [0.1, 0.15) is 0 Å². The molecule has 21 heavy (non-hydrogen) atoms. The van der Waals surface area contributed by atoms with E-state index in [-0.39, 0.29) is 5.78 Å². The lowest BCUT2D eigenvalue weighted by Crippen LogP contribution is -1.97. The molecule has 1 aromatic heterocycles. The lowest BCUT2D eigenvalue weighted by Gasteiger charge is -2.05. The zero-order valence-electron chi connectivity index (χ0n) is 12.0. The van der Waals surface area contributed by atoms with Gasteiger partial charge in [0, 0.05) is 29.2 Å². The summed E-state index contributed by atoms with van der Waals surface area (Å²) in [7, 11) is 0. The Kier molecular flexibility index (Phi) is 3.69. The van der Waals surface area contributed by atoms with Crippen molar-refractivity contribution in [1.82, 2.24) is 4.57 Å². The van der Waals surface area contributed by atoms with Crippen LogP contribution in [0.4, 0.5) is 0 Å². The molecule has 2 heteroatoms. The molecule has 0 atom stereocenters. The molecular formula is C19H17NO. The van der Waals surface area contributed by atoms with E-state index in [1.165, 1.54) is 16.5 Å². The number of allylic oxidation sites excluding steroid dienone is 1. The predicted molar refractivity (Wildman–Crippen MR) is 87.2 cm³/mol. The number of carbonyl (C=O) groups is 1. The van der Waals surface area contributed by atoms with Crippen LogP contribution in [0.2, 0.25) is 0 Å². The van der Waals surface area contributed by atoms with E-state index in [1.807, 2.05) is 24.3 Å². The molecule has 0 radical (unpaired) electrons. The van der Waals surface area contributed by atoms with E-state index in [2.05, 4.69) is 47.2 Å². The van der Waals surface area contributed by atoms with Crippen LogP contribution in [0, 0.1) is 0 Å². The van der Waals surface area contributed by atoms with Gasteiger partial charge in [0.2, 0.25) is 0 Å². The maximum atomic E-state index is 11.2. The van der Waals surface area contributed by atoms with Crippen molar-refractivity contribution in [3.05, 3.63) is 78.0 Å². The van der Waals surface area contributed by atoms with Crippen LogP contribution in [0.5, 0.6) is 0 Å². The number of aromatic nitrogens is 1. The Bertz CT molecular complexity index is 797. The molecule has 0 spiro atoms. The molecule has 0 aliphatic heterocycles. The Hall–Kier alpha value is -2.61. The summed E-state index contributed by atoms with van der Waals surface area (Å²) in [5, 5.41) is 1.17. The lowest BCUT2D eigenvalue weighted by molar-refractivity contribution is -0.112. The maximum absolute atomic E-state index is 11.2. The first-order valence-electron chi connectivity index (χ1n) is 7.04. The molecule has 3 aromatic rings. The monoisotopic (exact) mass is 275 g/mol. The van der Waals surface area contributed by atoms with Gasteiger partial charge < -0.3 is 4.57 Å². The van der Waals surface area contributed by atoms with Gasteiger partial charge in [-0.1, -0.05) is 48.5 Å². The van der Waals surface area contributed by atoms with Crippen molar-refractivity contribution in [2.24, 2.45) is 0 Å². The highest BCUT2D eigenvalue weighted by molar-refractivity contribution is 5.96. The molecule has 0 amide bonds. The van der Waals surface area contributed by atoms with Crippen molar-refractivity contribution in [3.8, 4) is 0 Å². The van der Waals surface area contributed by atoms with Gasteiger partial charge in [-0.15, -0.1) is 0 Å². The number of para-hydroxylation sites is 1. The number of fused-ring (bicyclic) bond motifs is 1. The topological polar surface area (TPSA) is 22.0 Å². The maximum Gasteiger partial charge on any atom is 0.152 e. The van der Waals surface area contributed by atoms with Gasteiger partial charge in [-0.2, -0.15) is 0 Å². The van der Waals surface area contributed by atoms with E-state index in [1.54, 1.807) is 13.0 Å². The quantitative estimate of drug-likeness (QED) is 0.651. The molecule has 0 saturated heterocycles. The Morgan fingerprint density at radius 2 is 1.76 bits per heavy atom. The average molecular weight is 275 g/mol. The van der Waals surface area contributed by atoms with Crippen LogP contribution in [0.1, 0.15) is 18.1 Å². The Morgan fingerprint density at radius 3 is 2.52 bits per heavy atom. The summed E-state index contributed by atoms with van der Waals surface area (Å²) in [5.74, 6) is 0.0647. The second-order valence-corrected chi connectivity index (χ2v) is 5.16. The van der Waals surface area contributed by atoms with Gasteiger partial charge in [0.15, 0.2) is 5.78 Å². The van der Waals surface area contributed by atoms with Crippen LogP contribution in [0.3, 0.4) is 0 Å². The van der Waals surface area contributed by atoms with Crippen molar-refractivity contribution >= 4 is 22.8 Å². The number of carbonyl (C=O) groups excluding carboxylic acids is 1. The summed E-state index contributed by atoms with van der Waals surface area (Å²) < 4.78 is 2.23. The fourth-order valence-corrected chi connectivity index (χ4v) is 2.53. The zero-order valence-corrected chi connectivity index (χ0v) is 12.0. The first-order valence-corrected chi connectivity index (χ1v) is 7.04. The fraction of sp³-hybridized carbons (Fsp3) is 0.105. The van der Waals surface area contributed by atoms with E-state index >= 15 is 0 Å². The Morgan fingerprint density at radius 1 is 1.05 bits per heavy atom. The minimum atomic E-state index is 0.0647. The number of hydrogen-bond donors (Lipinski definition) is 0. The molecule has 0 N–H and O–H groups in total. The van der Waals surface area contributed by atoms with Crippen LogP contribution in [-0.2, 0) is 11.3 Å². The van der Waals surface area contributed by atoms with Crippen LogP contribution >= 0.6 is 0 Å². The summed E-state index contributed by atoms with van der Waals surface area (Å²) in [5.41, 5.74) is 3.53. The molecule has 0 saturated carbocycles. The Labute approximate surface area is 124 Å². The Balaban J connectivity index is 2.05. The number of hydrogen-bond acceptors (Lipinski definition) is 1. The van der Waals surface area contributed by atoms with Gasteiger partial charge in [0.05, 0.1) is 0 Å². The normalized spacial score (nSPS) is 11.3. The summed E-state index contributed by atoms with van der Waals surface area (Å²) in [6.07, 6.45) is 5.62. The summed E-state index contributed by atoms with van der Waals surface area (Å²) in [4.78, 5) is 11.2. The first-order chi connectivity index (χ1) is 10.2. The molecule has 0 bridgehead atoms. The molecule has 0 fully saturated rings. The fourth-order valence-electron chi connectivity index (χ4n) is 2.53. The molecular weight excluding hydrogens is 258 g/mol. The molecule has 0 aliphatic carbocycles. The van der Waals surface area contributed by atoms with Gasteiger partial charge in [-0.05, 0) is 30.7 Å². The summed E-state index contributed by atoms with van der Waals surface area (Å²) in [6.45, 7) is 2.40. The van der Waals surface area contributed by atoms with Crippen LogP contribution < -0.4 is 0 Å². The minimum Gasteiger partial charge on any atom is -0.342 e.